The van der Waals surface area contributed by atoms with E-state index in [2.05, 4.69) is 29.5 Å². The number of nitrogens with two attached hydrogens (primary N) is 1. The molecule has 0 fully saturated rings. The molecule has 6 heteroatoms. The maximum atomic E-state index is 10.5. The molecular weight excluding hydrogens is 214 g/mol. The Kier molecular flexibility index (Phi) is 3.94. The number of nitro groups is 1. The molecule has 0 saturated heterocycles. The van der Waals surface area contributed by atoms with Gasteiger partial charge in [-0.3, -0.25) is 10.1 Å². The van der Waals surface area contributed by atoms with Crippen LogP contribution in [0.5, 0.6) is 0 Å². The summed E-state index contributed by atoms with van der Waals surface area (Å²) in [6.45, 7) is 0. The summed E-state index contributed by atoms with van der Waals surface area (Å²) in [5.41, 5.74) is 5.79. The molecule has 0 aliphatic carbocycles. The average Bonchev–Trinajstić information content (AvgIpc) is 2.20. The van der Waals surface area contributed by atoms with Crippen LogP contribution in [0.25, 0.3) is 0 Å². The fourth-order valence-electron chi connectivity index (χ4n) is 0.878. The Balaban J connectivity index is 3.02. The van der Waals surface area contributed by atoms with Crippen molar-refractivity contribution in [3.8, 4) is 11.8 Å². The Morgan fingerprint density at radius 1 is 1.67 bits per heavy atom. The highest BCUT2D eigenvalue weighted by Gasteiger charge is 2.08. The Hall–Kier alpha value is -1.74. The Bertz CT molecular complexity index is 437. The summed E-state index contributed by atoms with van der Waals surface area (Å²) in [4.78, 5) is 13.6. The number of thiol groups is 1. The molecule has 0 aliphatic heterocycles. The molecule has 0 amide bonds. The van der Waals surface area contributed by atoms with E-state index in [9.17, 15) is 10.1 Å². The van der Waals surface area contributed by atoms with Crippen LogP contribution in [0.4, 0.5) is 11.5 Å². The van der Waals surface area contributed by atoms with Gasteiger partial charge in [-0.2, -0.15) is 12.6 Å². The molecule has 1 rings (SSSR count). The Morgan fingerprint density at radius 3 is 3.00 bits per heavy atom. The minimum Gasteiger partial charge on any atom is -0.383 e. The molecule has 0 aromatic carbocycles. The third-order valence-corrected chi connectivity index (χ3v) is 1.80. The van der Waals surface area contributed by atoms with Crippen LogP contribution in [-0.4, -0.2) is 15.7 Å². The second-order valence-electron chi connectivity index (χ2n) is 2.66. The minimum atomic E-state index is -0.532. The summed E-state index contributed by atoms with van der Waals surface area (Å²) in [7, 11) is 0. The predicted molar refractivity (Wildman–Crippen MR) is 60.7 cm³/mol. The van der Waals surface area contributed by atoms with Crippen LogP contribution in [0, 0.1) is 22.0 Å². The van der Waals surface area contributed by atoms with E-state index in [-0.39, 0.29) is 11.5 Å². The molecule has 0 unspecified atom stereocenters. The van der Waals surface area contributed by atoms with Gasteiger partial charge in [0.1, 0.15) is 12.0 Å². The number of nitrogen functional groups attached to an aromatic ring is 1. The lowest BCUT2D eigenvalue weighted by molar-refractivity contribution is -0.385. The highest BCUT2D eigenvalue weighted by molar-refractivity contribution is 7.80. The quantitative estimate of drug-likeness (QED) is 0.342. The minimum absolute atomic E-state index is 0.112. The van der Waals surface area contributed by atoms with E-state index < -0.39 is 4.92 Å². The van der Waals surface area contributed by atoms with Crippen molar-refractivity contribution in [2.75, 3.05) is 11.5 Å². The fourth-order valence-corrected chi connectivity index (χ4v) is 0.990. The number of hydrogen-bond acceptors (Lipinski definition) is 5. The highest BCUT2D eigenvalue weighted by atomic mass is 32.1. The van der Waals surface area contributed by atoms with Gasteiger partial charge in [0.25, 0.3) is 5.69 Å². The van der Waals surface area contributed by atoms with Crippen molar-refractivity contribution in [3.05, 3.63) is 27.9 Å². The molecule has 1 aromatic heterocycles. The number of aromatic nitrogens is 1. The van der Waals surface area contributed by atoms with Crippen molar-refractivity contribution in [1.82, 2.24) is 4.98 Å². The van der Waals surface area contributed by atoms with Crippen LogP contribution in [0.15, 0.2) is 12.3 Å². The van der Waals surface area contributed by atoms with Gasteiger partial charge >= 0.3 is 0 Å². The fraction of sp³-hybridized carbons (Fsp3) is 0.222. The van der Waals surface area contributed by atoms with E-state index in [1.165, 1.54) is 6.07 Å². The lowest BCUT2D eigenvalue weighted by Gasteiger charge is -1.96. The molecule has 0 bridgehead atoms. The second-order valence-corrected chi connectivity index (χ2v) is 3.11. The van der Waals surface area contributed by atoms with Crippen molar-refractivity contribution in [3.63, 3.8) is 0 Å². The van der Waals surface area contributed by atoms with Gasteiger partial charge in [0, 0.05) is 18.2 Å². The standard InChI is InChI=1S/C9H9N3O2S/c10-9-7(3-1-2-4-15)5-8(6-11-9)12(13)14/h5-6,15H,2,4H2,(H2,10,11). The molecule has 78 valence electrons. The summed E-state index contributed by atoms with van der Waals surface area (Å²) < 4.78 is 0. The molecule has 0 atom stereocenters. The SMILES string of the molecule is Nc1ncc([N+](=O)[O-])cc1C#CCCS. The molecule has 15 heavy (non-hydrogen) atoms. The molecule has 5 nitrogen and oxygen atoms in total. The summed E-state index contributed by atoms with van der Waals surface area (Å²) in [5.74, 6) is 6.34. The van der Waals surface area contributed by atoms with E-state index in [0.717, 1.165) is 6.20 Å². The number of hydrogen-bond donors (Lipinski definition) is 2. The van der Waals surface area contributed by atoms with Gasteiger partial charge in [-0.05, 0) is 0 Å². The average molecular weight is 223 g/mol. The van der Waals surface area contributed by atoms with Crippen molar-refractivity contribution in [1.29, 1.82) is 0 Å². The Labute approximate surface area is 92.3 Å². The smallest absolute Gasteiger partial charge is 0.288 e. The molecule has 0 saturated carbocycles. The lowest BCUT2D eigenvalue weighted by Crippen LogP contribution is -1.97. The predicted octanol–water partition coefficient (Wildman–Crippen LogP) is 1.24. The van der Waals surface area contributed by atoms with Gasteiger partial charge in [0.05, 0.1) is 10.5 Å². The van der Waals surface area contributed by atoms with Crippen molar-refractivity contribution in [2.45, 2.75) is 6.42 Å². The number of rotatable bonds is 2. The van der Waals surface area contributed by atoms with E-state index in [1.807, 2.05) is 0 Å². The van der Waals surface area contributed by atoms with E-state index in [1.54, 1.807) is 0 Å². The lowest BCUT2D eigenvalue weighted by atomic mass is 10.2. The molecular formula is C9H9N3O2S. The maximum Gasteiger partial charge on any atom is 0.288 e. The summed E-state index contributed by atoms with van der Waals surface area (Å²) >= 11 is 3.99. The van der Waals surface area contributed by atoms with Gasteiger partial charge in [0.2, 0.25) is 0 Å². The number of pyridine rings is 1. The molecule has 0 radical (unpaired) electrons. The highest BCUT2D eigenvalue weighted by Crippen LogP contribution is 2.15. The zero-order valence-corrected chi connectivity index (χ0v) is 8.70. The van der Waals surface area contributed by atoms with Crippen molar-refractivity contribution < 1.29 is 4.92 Å². The largest absolute Gasteiger partial charge is 0.383 e. The normalized spacial score (nSPS) is 9.13. The third kappa shape index (κ3) is 3.14. The van der Waals surface area contributed by atoms with Crippen LogP contribution in [0.3, 0.4) is 0 Å². The van der Waals surface area contributed by atoms with E-state index >= 15 is 0 Å². The first kappa shape index (κ1) is 11.3. The zero-order valence-electron chi connectivity index (χ0n) is 7.80. The second kappa shape index (κ2) is 5.22. The van der Waals surface area contributed by atoms with Crippen LogP contribution < -0.4 is 5.73 Å². The zero-order chi connectivity index (χ0) is 11.3. The summed E-state index contributed by atoms with van der Waals surface area (Å²) in [6, 6.07) is 1.31. The first-order valence-corrected chi connectivity index (χ1v) is 4.78. The molecule has 0 spiro atoms. The first-order chi connectivity index (χ1) is 7.15. The molecule has 1 heterocycles. The van der Waals surface area contributed by atoms with Gasteiger partial charge in [-0.15, -0.1) is 0 Å². The van der Waals surface area contributed by atoms with E-state index in [4.69, 9.17) is 5.73 Å². The topological polar surface area (TPSA) is 82.0 Å². The van der Waals surface area contributed by atoms with Gasteiger partial charge in [0.15, 0.2) is 0 Å². The van der Waals surface area contributed by atoms with E-state index in [0.29, 0.717) is 17.7 Å². The third-order valence-electron chi connectivity index (χ3n) is 1.57. The monoisotopic (exact) mass is 223 g/mol. The van der Waals surface area contributed by atoms with Gasteiger partial charge in [-0.25, -0.2) is 4.98 Å². The van der Waals surface area contributed by atoms with Crippen LogP contribution in [0.2, 0.25) is 0 Å². The Morgan fingerprint density at radius 2 is 2.40 bits per heavy atom. The first-order valence-electron chi connectivity index (χ1n) is 4.15. The van der Waals surface area contributed by atoms with Crippen LogP contribution >= 0.6 is 12.6 Å². The number of nitrogens with zero attached hydrogens (tertiary/aromatic N) is 2. The maximum absolute atomic E-state index is 10.5. The van der Waals surface area contributed by atoms with Crippen LogP contribution in [0.1, 0.15) is 12.0 Å². The summed E-state index contributed by atoms with van der Waals surface area (Å²) in [6.07, 6.45) is 1.71. The molecule has 0 aliphatic rings. The van der Waals surface area contributed by atoms with Crippen molar-refractivity contribution >= 4 is 24.1 Å². The van der Waals surface area contributed by atoms with Gasteiger partial charge < -0.3 is 5.73 Å². The molecule has 1 aromatic rings. The van der Waals surface area contributed by atoms with Crippen molar-refractivity contribution in [2.24, 2.45) is 0 Å². The summed E-state index contributed by atoms with van der Waals surface area (Å²) in [5, 5.41) is 10.5. The molecule has 2 N–H and O–H groups in total. The number of anilines is 1. The van der Waals surface area contributed by atoms with Crippen LogP contribution in [-0.2, 0) is 0 Å². The van der Waals surface area contributed by atoms with Gasteiger partial charge in [-0.1, -0.05) is 11.8 Å².